The summed E-state index contributed by atoms with van der Waals surface area (Å²) in [6.07, 6.45) is 2.04. The second-order valence-corrected chi connectivity index (χ2v) is 5.65. The molecule has 1 aromatic carbocycles. The van der Waals surface area contributed by atoms with E-state index in [4.69, 9.17) is 9.15 Å². The molecule has 0 radical (unpaired) electrons. The number of unbranched alkanes of at least 4 members (excludes halogenated alkanes) is 1. The third-order valence-electron chi connectivity index (χ3n) is 3.61. The summed E-state index contributed by atoms with van der Waals surface area (Å²) >= 11 is 0. The number of nitrogens with one attached hydrogen (secondary N) is 1. The Morgan fingerprint density at radius 1 is 1.33 bits per heavy atom. The number of hydrogen-bond donors (Lipinski definition) is 2. The molecule has 0 saturated carbocycles. The van der Waals surface area contributed by atoms with E-state index in [1.807, 2.05) is 6.92 Å². The Bertz CT molecular complexity index is 725. The summed E-state index contributed by atoms with van der Waals surface area (Å²) in [5.74, 6) is 0.525. The summed E-state index contributed by atoms with van der Waals surface area (Å²) in [5, 5.41) is 13.4. The van der Waals surface area contributed by atoms with E-state index in [-0.39, 0.29) is 12.5 Å². The molecule has 1 heterocycles. The Balaban J connectivity index is 1.75. The van der Waals surface area contributed by atoms with Crippen LogP contribution in [0.4, 0.5) is 0 Å². The Hall–Kier alpha value is -2.34. The fourth-order valence-electron chi connectivity index (χ4n) is 2.20. The number of rotatable bonds is 9. The van der Waals surface area contributed by atoms with Gasteiger partial charge in [0.15, 0.2) is 0 Å². The van der Waals surface area contributed by atoms with Crippen LogP contribution in [-0.2, 0) is 4.79 Å². The van der Waals surface area contributed by atoms with Gasteiger partial charge in [-0.15, -0.1) is 0 Å². The highest BCUT2D eigenvalue weighted by molar-refractivity contribution is 5.77. The van der Waals surface area contributed by atoms with Gasteiger partial charge in [0.05, 0.1) is 12.7 Å². The molecule has 2 rings (SSSR count). The predicted octanol–water partition coefficient (Wildman–Crippen LogP) is 2.23. The normalized spacial score (nSPS) is 12.1. The van der Waals surface area contributed by atoms with Crippen molar-refractivity contribution in [3.05, 3.63) is 40.8 Å². The highest BCUT2D eigenvalue weighted by Crippen LogP contribution is 2.19. The molecule has 0 saturated heterocycles. The van der Waals surface area contributed by atoms with Gasteiger partial charge in [-0.05, 0) is 24.6 Å². The molecule has 0 aliphatic heterocycles. The SMILES string of the molecule is CCCCC(=O)NCC(O)CCOc1ccc2ccc(=O)oc2c1. The number of carbonyl (C=O) groups excluding carboxylic acids is 1. The van der Waals surface area contributed by atoms with Gasteiger partial charge in [0, 0.05) is 36.9 Å². The fourth-order valence-corrected chi connectivity index (χ4v) is 2.20. The van der Waals surface area contributed by atoms with Crippen molar-refractivity contribution in [2.75, 3.05) is 13.2 Å². The Morgan fingerprint density at radius 3 is 2.92 bits per heavy atom. The zero-order valence-electron chi connectivity index (χ0n) is 13.8. The first-order valence-corrected chi connectivity index (χ1v) is 8.20. The zero-order valence-corrected chi connectivity index (χ0v) is 13.8. The lowest BCUT2D eigenvalue weighted by Gasteiger charge is -2.13. The average molecular weight is 333 g/mol. The molecule has 6 heteroatoms. The Kier molecular flexibility index (Phi) is 6.81. The van der Waals surface area contributed by atoms with Crippen LogP contribution in [0, 0.1) is 0 Å². The summed E-state index contributed by atoms with van der Waals surface area (Å²) in [7, 11) is 0. The molecule has 1 aromatic heterocycles. The molecular formula is C18H23NO5. The summed E-state index contributed by atoms with van der Waals surface area (Å²) in [6, 6.07) is 8.29. The minimum atomic E-state index is -0.658. The lowest BCUT2D eigenvalue weighted by molar-refractivity contribution is -0.121. The monoisotopic (exact) mass is 333 g/mol. The molecule has 0 aliphatic carbocycles. The van der Waals surface area contributed by atoms with Crippen molar-refractivity contribution in [2.45, 2.75) is 38.7 Å². The van der Waals surface area contributed by atoms with Gasteiger partial charge >= 0.3 is 5.63 Å². The van der Waals surface area contributed by atoms with Gasteiger partial charge < -0.3 is 19.6 Å². The van der Waals surface area contributed by atoms with Crippen LogP contribution in [0.15, 0.2) is 39.5 Å². The number of hydrogen-bond acceptors (Lipinski definition) is 5. The number of aliphatic hydroxyl groups excluding tert-OH is 1. The second kappa shape index (κ2) is 9.08. The van der Waals surface area contributed by atoms with Crippen LogP contribution in [0.3, 0.4) is 0 Å². The predicted molar refractivity (Wildman–Crippen MR) is 91.1 cm³/mol. The lowest BCUT2D eigenvalue weighted by atomic mass is 10.2. The minimum Gasteiger partial charge on any atom is -0.493 e. The molecule has 0 fully saturated rings. The van der Waals surface area contributed by atoms with Crippen LogP contribution >= 0.6 is 0 Å². The standard InChI is InChI=1S/C18H23NO5/c1-2-3-4-17(21)19-12-14(20)9-10-23-15-7-5-13-6-8-18(22)24-16(13)11-15/h5-8,11,14,20H,2-4,9-10,12H2,1H3,(H,19,21). The van der Waals surface area contributed by atoms with Gasteiger partial charge in [0.2, 0.25) is 5.91 Å². The van der Waals surface area contributed by atoms with Gasteiger partial charge in [-0.1, -0.05) is 13.3 Å². The second-order valence-electron chi connectivity index (χ2n) is 5.65. The number of carbonyl (C=O) groups is 1. The van der Waals surface area contributed by atoms with Gasteiger partial charge in [0.25, 0.3) is 0 Å². The molecule has 130 valence electrons. The maximum absolute atomic E-state index is 11.5. The highest BCUT2D eigenvalue weighted by atomic mass is 16.5. The van der Waals surface area contributed by atoms with Crippen LogP contribution < -0.4 is 15.7 Å². The quantitative estimate of drug-likeness (QED) is 0.687. The lowest BCUT2D eigenvalue weighted by Crippen LogP contribution is -2.32. The van der Waals surface area contributed by atoms with Crippen molar-refractivity contribution in [3.63, 3.8) is 0 Å². The number of fused-ring (bicyclic) bond motifs is 1. The molecule has 1 atom stereocenters. The first kappa shape index (κ1) is 18.0. The fraction of sp³-hybridized carbons (Fsp3) is 0.444. The van der Waals surface area contributed by atoms with E-state index in [9.17, 15) is 14.7 Å². The molecule has 0 aliphatic rings. The van der Waals surface area contributed by atoms with Crippen LogP contribution in [-0.4, -0.2) is 30.3 Å². The molecule has 24 heavy (non-hydrogen) atoms. The van der Waals surface area contributed by atoms with Crippen LogP contribution in [0.2, 0.25) is 0 Å². The van der Waals surface area contributed by atoms with Crippen molar-refractivity contribution < 1.29 is 19.1 Å². The number of amides is 1. The first-order valence-electron chi connectivity index (χ1n) is 8.20. The third-order valence-corrected chi connectivity index (χ3v) is 3.61. The largest absolute Gasteiger partial charge is 0.493 e. The van der Waals surface area contributed by atoms with Crippen molar-refractivity contribution in [1.29, 1.82) is 0 Å². The first-order chi connectivity index (χ1) is 11.6. The van der Waals surface area contributed by atoms with Crippen molar-refractivity contribution >= 4 is 16.9 Å². The molecule has 2 aromatic rings. The van der Waals surface area contributed by atoms with Gasteiger partial charge in [-0.25, -0.2) is 4.79 Å². The highest BCUT2D eigenvalue weighted by Gasteiger charge is 2.08. The van der Waals surface area contributed by atoms with Crippen LogP contribution in [0.5, 0.6) is 5.75 Å². The topological polar surface area (TPSA) is 88.8 Å². The van der Waals surface area contributed by atoms with E-state index < -0.39 is 11.7 Å². The van der Waals surface area contributed by atoms with Crippen molar-refractivity contribution in [3.8, 4) is 5.75 Å². The zero-order chi connectivity index (χ0) is 17.4. The van der Waals surface area contributed by atoms with Crippen LogP contribution in [0.1, 0.15) is 32.6 Å². The number of aliphatic hydroxyl groups is 1. The number of benzene rings is 1. The Labute approximate surface area is 140 Å². The number of ether oxygens (including phenoxy) is 1. The molecule has 0 spiro atoms. The summed E-state index contributed by atoms with van der Waals surface area (Å²) in [5.41, 5.74) is 0.0534. The molecule has 1 amide bonds. The van der Waals surface area contributed by atoms with E-state index in [0.29, 0.717) is 30.8 Å². The molecule has 1 unspecified atom stereocenters. The van der Waals surface area contributed by atoms with E-state index in [2.05, 4.69) is 5.32 Å². The molecular weight excluding hydrogens is 310 g/mol. The average Bonchev–Trinajstić information content (AvgIpc) is 2.57. The van der Waals surface area contributed by atoms with E-state index in [1.54, 1.807) is 24.3 Å². The summed E-state index contributed by atoms with van der Waals surface area (Å²) in [6.45, 7) is 2.55. The van der Waals surface area contributed by atoms with Gasteiger partial charge in [-0.3, -0.25) is 4.79 Å². The van der Waals surface area contributed by atoms with Crippen molar-refractivity contribution in [2.24, 2.45) is 0 Å². The third kappa shape index (κ3) is 5.70. The summed E-state index contributed by atoms with van der Waals surface area (Å²) in [4.78, 5) is 22.7. The Morgan fingerprint density at radius 2 is 2.12 bits per heavy atom. The maximum Gasteiger partial charge on any atom is 0.336 e. The van der Waals surface area contributed by atoms with Gasteiger partial charge in [-0.2, -0.15) is 0 Å². The molecule has 6 nitrogen and oxygen atoms in total. The molecule has 0 bridgehead atoms. The van der Waals surface area contributed by atoms with E-state index in [0.717, 1.165) is 18.2 Å². The van der Waals surface area contributed by atoms with Gasteiger partial charge in [0.1, 0.15) is 11.3 Å². The maximum atomic E-state index is 11.5. The molecule has 2 N–H and O–H groups in total. The van der Waals surface area contributed by atoms with Crippen molar-refractivity contribution in [1.82, 2.24) is 5.32 Å². The van der Waals surface area contributed by atoms with E-state index in [1.165, 1.54) is 6.07 Å². The smallest absolute Gasteiger partial charge is 0.336 e. The van der Waals surface area contributed by atoms with Crippen LogP contribution in [0.25, 0.3) is 11.0 Å². The minimum absolute atomic E-state index is 0.0404. The summed E-state index contributed by atoms with van der Waals surface area (Å²) < 4.78 is 10.7. The van der Waals surface area contributed by atoms with E-state index >= 15 is 0 Å².